The third kappa shape index (κ3) is 6.67. The highest BCUT2D eigenvalue weighted by molar-refractivity contribution is 6.30. The fourth-order valence-corrected chi connectivity index (χ4v) is 2.39. The molecule has 0 N–H and O–H groups in total. The lowest BCUT2D eigenvalue weighted by Crippen LogP contribution is -2.32. The molecule has 0 aliphatic carbocycles. The number of benzene rings is 2. The summed E-state index contributed by atoms with van der Waals surface area (Å²) in [5, 5.41) is 0.704. The van der Waals surface area contributed by atoms with Crippen molar-refractivity contribution in [1.82, 2.24) is 0 Å². The van der Waals surface area contributed by atoms with Gasteiger partial charge in [-0.2, -0.15) is 0 Å². The number of esters is 1. The van der Waals surface area contributed by atoms with Crippen LogP contribution in [0.1, 0.15) is 32.8 Å². The molecule has 0 saturated heterocycles. The topological polar surface area (TPSA) is 44.8 Å². The molecular formula is C20H23ClO4. The largest absolute Gasteiger partial charge is 0.489 e. The fourth-order valence-electron chi connectivity index (χ4n) is 2.27. The van der Waals surface area contributed by atoms with E-state index in [9.17, 15) is 4.79 Å². The molecule has 4 nitrogen and oxygen atoms in total. The maximum absolute atomic E-state index is 11.6. The van der Waals surface area contributed by atoms with Crippen molar-refractivity contribution in [1.29, 1.82) is 0 Å². The van der Waals surface area contributed by atoms with Gasteiger partial charge in [0.1, 0.15) is 23.7 Å². The molecule has 134 valence electrons. The quantitative estimate of drug-likeness (QED) is 0.618. The van der Waals surface area contributed by atoms with E-state index in [1.54, 1.807) is 6.92 Å². The first kappa shape index (κ1) is 19.1. The average molecular weight is 363 g/mol. The van der Waals surface area contributed by atoms with E-state index in [0.717, 1.165) is 11.3 Å². The molecule has 5 heteroatoms. The Labute approximate surface area is 153 Å². The summed E-state index contributed by atoms with van der Waals surface area (Å²) in [7, 11) is 0. The van der Waals surface area contributed by atoms with Crippen molar-refractivity contribution in [3.05, 3.63) is 59.1 Å². The molecule has 0 heterocycles. The second-order valence-corrected chi connectivity index (χ2v) is 6.67. The smallest absolute Gasteiger partial charge is 0.309 e. The van der Waals surface area contributed by atoms with E-state index in [1.807, 2.05) is 62.4 Å². The van der Waals surface area contributed by atoms with Crippen molar-refractivity contribution in [3.8, 4) is 11.5 Å². The van der Waals surface area contributed by atoms with Crippen LogP contribution in [-0.2, 0) is 16.1 Å². The highest BCUT2D eigenvalue weighted by Crippen LogP contribution is 2.24. The van der Waals surface area contributed by atoms with E-state index in [1.165, 1.54) is 0 Å². The molecule has 0 fully saturated rings. The Morgan fingerprint density at radius 1 is 1.00 bits per heavy atom. The van der Waals surface area contributed by atoms with E-state index >= 15 is 0 Å². The predicted octanol–water partition coefficient (Wildman–Crippen LogP) is 5.03. The minimum absolute atomic E-state index is 0.190. The maximum Gasteiger partial charge on any atom is 0.309 e. The number of ether oxygens (including phenoxy) is 3. The predicted molar refractivity (Wildman–Crippen MR) is 98.2 cm³/mol. The Hall–Kier alpha value is -2.20. The van der Waals surface area contributed by atoms with Crippen molar-refractivity contribution in [3.63, 3.8) is 0 Å². The second-order valence-electron chi connectivity index (χ2n) is 6.23. The zero-order chi connectivity index (χ0) is 18.3. The molecule has 0 bridgehead atoms. The van der Waals surface area contributed by atoms with Crippen LogP contribution in [0.2, 0.25) is 5.02 Å². The summed E-state index contributed by atoms with van der Waals surface area (Å²) in [5.74, 6) is 1.15. The van der Waals surface area contributed by atoms with Gasteiger partial charge in [-0.1, -0.05) is 23.7 Å². The Bertz CT molecular complexity index is 678. The summed E-state index contributed by atoms with van der Waals surface area (Å²) in [6.45, 7) is 6.33. The average Bonchev–Trinajstić information content (AvgIpc) is 2.55. The van der Waals surface area contributed by atoms with Crippen LogP contribution >= 0.6 is 11.6 Å². The minimum atomic E-state index is -0.641. The van der Waals surface area contributed by atoms with Crippen LogP contribution in [0.4, 0.5) is 0 Å². The molecule has 0 saturated carbocycles. The van der Waals surface area contributed by atoms with Crippen LogP contribution in [0.3, 0.4) is 0 Å². The van der Waals surface area contributed by atoms with Gasteiger partial charge in [0.2, 0.25) is 0 Å². The van der Waals surface area contributed by atoms with Crippen molar-refractivity contribution < 1.29 is 19.0 Å². The minimum Gasteiger partial charge on any atom is -0.489 e. The highest BCUT2D eigenvalue weighted by atomic mass is 35.5. The van der Waals surface area contributed by atoms with Gasteiger partial charge in [-0.15, -0.1) is 0 Å². The first-order chi connectivity index (χ1) is 11.9. The van der Waals surface area contributed by atoms with Gasteiger partial charge in [0.25, 0.3) is 0 Å². The summed E-state index contributed by atoms with van der Waals surface area (Å²) in [5.41, 5.74) is 0.401. The lowest BCUT2D eigenvalue weighted by Gasteiger charge is -2.25. The standard InChI is InChI=1S/C20H23ClO4/c1-4-23-19(22)13-20(2,3)25-18-11-9-17(10-12-18)24-14-15-5-7-16(21)8-6-15/h5-12H,4,13-14H2,1-3H3. The Balaban J connectivity index is 1.88. The summed E-state index contributed by atoms with van der Waals surface area (Å²) in [4.78, 5) is 11.6. The zero-order valence-electron chi connectivity index (χ0n) is 14.8. The number of carbonyl (C=O) groups excluding carboxylic acids is 1. The number of hydrogen-bond donors (Lipinski definition) is 0. The first-order valence-electron chi connectivity index (χ1n) is 8.20. The molecule has 0 aliphatic rings. The summed E-state index contributed by atoms with van der Waals surface area (Å²) < 4.78 is 16.6. The van der Waals surface area contributed by atoms with E-state index in [0.29, 0.717) is 24.0 Å². The van der Waals surface area contributed by atoms with Crippen molar-refractivity contribution >= 4 is 17.6 Å². The van der Waals surface area contributed by atoms with Crippen LogP contribution < -0.4 is 9.47 Å². The van der Waals surface area contributed by atoms with Gasteiger partial charge in [0.05, 0.1) is 13.0 Å². The Morgan fingerprint density at radius 2 is 1.60 bits per heavy atom. The highest BCUT2D eigenvalue weighted by Gasteiger charge is 2.24. The fraction of sp³-hybridized carbons (Fsp3) is 0.350. The van der Waals surface area contributed by atoms with Gasteiger partial charge in [0.15, 0.2) is 0 Å². The van der Waals surface area contributed by atoms with Gasteiger partial charge in [-0.3, -0.25) is 4.79 Å². The molecule has 0 aliphatic heterocycles. The Kier molecular flexibility index (Phi) is 6.71. The summed E-state index contributed by atoms with van der Waals surface area (Å²) in [6.07, 6.45) is 0.190. The SMILES string of the molecule is CCOC(=O)CC(C)(C)Oc1ccc(OCc2ccc(Cl)cc2)cc1. The van der Waals surface area contributed by atoms with E-state index in [2.05, 4.69) is 0 Å². The van der Waals surface area contributed by atoms with Gasteiger partial charge >= 0.3 is 5.97 Å². The summed E-state index contributed by atoms with van der Waals surface area (Å²) in [6, 6.07) is 14.9. The van der Waals surface area contributed by atoms with Crippen LogP contribution in [0.25, 0.3) is 0 Å². The van der Waals surface area contributed by atoms with E-state index in [-0.39, 0.29) is 12.4 Å². The number of hydrogen-bond acceptors (Lipinski definition) is 4. The molecule has 2 aromatic carbocycles. The molecule has 25 heavy (non-hydrogen) atoms. The lowest BCUT2D eigenvalue weighted by atomic mass is 10.1. The van der Waals surface area contributed by atoms with Gasteiger partial charge in [-0.25, -0.2) is 0 Å². The number of rotatable bonds is 8. The maximum atomic E-state index is 11.6. The molecule has 2 aromatic rings. The van der Waals surface area contributed by atoms with Crippen molar-refractivity contribution in [2.75, 3.05) is 6.61 Å². The first-order valence-corrected chi connectivity index (χ1v) is 8.58. The van der Waals surface area contributed by atoms with Crippen LogP contribution in [0.15, 0.2) is 48.5 Å². The van der Waals surface area contributed by atoms with Gasteiger partial charge in [0, 0.05) is 5.02 Å². The molecule has 2 rings (SSSR count). The monoisotopic (exact) mass is 362 g/mol. The zero-order valence-corrected chi connectivity index (χ0v) is 15.5. The number of halogens is 1. The van der Waals surface area contributed by atoms with Crippen molar-refractivity contribution in [2.24, 2.45) is 0 Å². The normalized spacial score (nSPS) is 11.0. The van der Waals surface area contributed by atoms with Gasteiger partial charge < -0.3 is 14.2 Å². The second kappa shape index (κ2) is 8.77. The number of carbonyl (C=O) groups is 1. The molecule has 0 unspecified atom stereocenters. The Morgan fingerprint density at radius 3 is 2.20 bits per heavy atom. The van der Waals surface area contributed by atoms with Crippen molar-refractivity contribution in [2.45, 2.75) is 39.4 Å². The van der Waals surface area contributed by atoms with E-state index < -0.39 is 5.60 Å². The molecule has 0 spiro atoms. The summed E-state index contributed by atoms with van der Waals surface area (Å²) >= 11 is 5.86. The van der Waals surface area contributed by atoms with Crippen LogP contribution in [0, 0.1) is 0 Å². The molecular weight excluding hydrogens is 340 g/mol. The van der Waals surface area contributed by atoms with E-state index in [4.69, 9.17) is 25.8 Å². The molecule has 0 amide bonds. The molecule has 0 atom stereocenters. The van der Waals surface area contributed by atoms with Gasteiger partial charge in [-0.05, 0) is 62.7 Å². The third-order valence-corrected chi connectivity index (χ3v) is 3.66. The molecule has 0 aromatic heterocycles. The third-order valence-electron chi connectivity index (χ3n) is 3.41. The lowest BCUT2D eigenvalue weighted by molar-refractivity contribution is -0.146. The molecule has 0 radical (unpaired) electrons. The van der Waals surface area contributed by atoms with Crippen LogP contribution in [-0.4, -0.2) is 18.2 Å². The van der Waals surface area contributed by atoms with Crippen LogP contribution in [0.5, 0.6) is 11.5 Å².